The molecule has 0 amide bonds. The van der Waals surface area contributed by atoms with Gasteiger partial charge in [-0.25, -0.2) is 4.79 Å². The normalized spacial score (nSPS) is 24.8. The first kappa shape index (κ1) is 58.4. The molecule has 0 spiro atoms. The molecule has 18 heteroatoms. The third-order valence-corrected chi connectivity index (χ3v) is 17.8. The molecule has 1 aliphatic heterocycles. The van der Waals surface area contributed by atoms with Crippen LogP contribution in [0.4, 0.5) is 5.69 Å². The summed E-state index contributed by atoms with van der Waals surface area (Å²) < 4.78 is 66.0. The van der Waals surface area contributed by atoms with Crippen LogP contribution in [0.3, 0.4) is 0 Å². The van der Waals surface area contributed by atoms with Gasteiger partial charge < -0.3 is 72.6 Å². The maximum absolute atomic E-state index is 12.9. The van der Waals surface area contributed by atoms with Gasteiger partial charge in [-0.05, 0) is 178 Å². The maximum atomic E-state index is 12.9. The van der Waals surface area contributed by atoms with E-state index >= 15 is 0 Å². The molecule has 0 saturated heterocycles. The summed E-state index contributed by atoms with van der Waals surface area (Å²) in [6, 6.07) is 19.1. The van der Waals surface area contributed by atoms with Crippen LogP contribution in [0.5, 0.6) is 17.2 Å². The lowest BCUT2D eigenvalue weighted by atomic mass is 9.54. The molecule has 8 bridgehead atoms. The highest BCUT2D eigenvalue weighted by molar-refractivity contribution is 7.80. The van der Waals surface area contributed by atoms with Crippen LogP contribution in [0.1, 0.15) is 93.0 Å². The van der Waals surface area contributed by atoms with E-state index in [-0.39, 0.29) is 64.2 Å². The van der Waals surface area contributed by atoms with Crippen molar-refractivity contribution in [3.05, 3.63) is 94.1 Å². The third-order valence-electron chi connectivity index (χ3n) is 17.6. The van der Waals surface area contributed by atoms with Crippen LogP contribution < -0.4 is 30.6 Å². The second-order valence-electron chi connectivity index (χ2n) is 23.7. The Hall–Kier alpha value is -5.41. The number of nitrogens with one attached hydrogen (secondary N) is 2. The molecule has 10 aliphatic rings. The Labute approximate surface area is 485 Å². The highest BCUT2D eigenvalue weighted by atomic mass is 32.1. The number of hydrogen-bond acceptors (Lipinski definition) is 15. The Morgan fingerprint density at radius 1 is 0.561 bits per heavy atom. The van der Waals surface area contributed by atoms with Crippen LogP contribution in [0.25, 0.3) is 33.4 Å². The van der Waals surface area contributed by atoms with Gasteiger partial charge >= 0.3 is 5.97 Å². The monoisotopic (exact) mass is 1150 g/mol. The summed E-state index contributed by atoms with van der Waals surface area (Å²) >= 11 is 5.71. The van der Waals surface area contributed by atoms with Crippen molar-refractivity contribution in [1.29, 1.82) is 0 Å². The second-order valence-corrected chi connectivity index (χ2v) is 24.2. The van der Waals surface area contributed by atoms with Crippen LogP contribution in [0, 0.1) is 35.5 Å². The van der Waals surface area contributed by atoms with Gasteiger partial charge in [-0.1, -0.05) is 18.2 Å². The molecular formula is C64H79N2O15S-. The van der Waals surface area contributed by atoms with Crippen molar-refractivity contribution in [2.75, 3.05) is 111 Å². The maximum Gasteiger partial charge on any atom is 0.336 e. The molecule has 17 nitrogen and oxygen atoms in total. The first-order valence-electron chi connectivity index (χ1n) is 29.8. The number of anilines is 1. The number of hydrogen-bond donors (Lipinski definition) is 3. The number of carboxylic acids is 1. The fourth-order valence-electron chi connectivity index (χ4n) is 15.0. The first-order chi connectivity index (χ1) is 40.0. The molecule has 8 fully saturated rings. The Balaban J connectivity index is 0.617. The Kier molecular flexibility index (Phi) is 19.6. The van der Waals surface area contributed by atoms with Crippen LogP contribution in [0.15, 0.2) is 82.0 Å². The van der Waals surface area contributed by atoms with Gasteiger partial charge in [0.05, 0.1) is 109 Å². The van der Waals surface area contributed by atoms with Gasteiger partial charge in [0, 0.05) is 40.9 Å². The van der Waals surface area contributed by atoms with Crippen molar-refractivity contribution in [2.24, 2.45) is 35.5 Å². The molecular weight excluding hydrogens is 1070 g/mol. The predicted molar refractivity (Wildman–Crippen MR) is 310 cm³/mol. The number of fused-ring (bicyclic) bond motifs is 2. The van der Waals surface area contributed by atoms with Gasteiger partial charge in [0.25, 0.3) is 0 Å². The molecule has 9 aliphatic carbocycles. The smallest absolute Gasteiger partial charge is 0.336 e. The summed E-state index contributed by atoms with van der Waals surface area (Å²) in [6.07, 6.45) is 15.8. The number of benzene rings is 4. The molecule has 442 valence electrons. The SMILES string of the molecule is O=C(O)c1cc(NC(=S)NCc2cc(OCCOCCOCCOCCOC34CC5CC(CC(C5)C3)C4)cc(OCCOCCOCCOCCOC34CC5CC(CC(C5)C3)C4)c2)ccc1-c1c2ccc(=O)cc-2oc2cc([O-])ccc12. The van der Waals surface area contributed by atoms with Gasteiger partial charge in [-0.15, -0.1) is 5.75 Å². The molecule has 0 aromatic heterocycles. The minimum Gasteiger partial charge on any atom is -0.872 e. The predicted octanol–water partition coefficient (Wildman–Crippen LogP) is 9.65. The highest BCUT2D eigenvalue weighted by Crippen LogP contribution is 2.58. The molecule has 1 heterocycles. The minimum absolute atomic E-state index is 0.0282. The van der Waals surface area contributed by atoms with Gasteiger partial charge in [0.1, 0.15) is 36.1 Å². The number of aromatic carboxylic acids is 1. The molecule has 0 atom stereocenters. The molecule has 82 heavy (non-hydrogen) atoms. The van der Waals surface area contributed by atoms with E-state index in [2.05, 4.69) is 10.6 Å². The number of thiocarbonyl (C=S) groups is 1. The molecule has 0 unspecified atom stereocenters. The fraction of sp³-hybridized carbons (Fsp3) is 0.578. The van der Waals surface area contributed by atoms with Gasteiger partial charge in [-0.3, -0.25) is 4.79 Å². The van der Waals surface area contributed by atoms with Crippen LogP contribution >= 0.6 is 12.2 Å². The number of ether oxygens (including phenoxy) is 10. The molecule has 3 aromatic carbocycles. The summed E-state index contributed by atoms with van der Waals surface area (Å²) in [7, 11) is 0. The molecule has 3 N–H and O–H groups in total. The van der Waals surface area contributed by atoms with Crippen LogP contribution in [-0.4, -0.2) is 133 Å². The van der Waals surface area contributed by atoms with Gasteiger partial charge in [-0.2, -0.15) is 0 Å². The quantitative estimate of drug-likeness (QED) is 0.0203. The van der Waals surface area contributed by atoms with Crippen LogP contribution in [-0.2, 0) is 44.4 Å². The summed E-state index contributed by atoms with van der Waals surface area (Å²) in [5.74, 6) is 5.10. The van der Waals surface area contributed by atoms with Crippen molar-refractivity contribution in [3.63, 3.8) is 0 Å². The van der Waals surface area contributed by atoms with Crippen molar-refractivity contribution in [2.45, 2.75) is 94.8 Å². The lowest BCUT2D eigenvalue weighted by molar-refractivity contribution is -0.268. The number of carboxylic acid groups (broad SMARTS) is 1. The van der Waals surface area contributed by atoms with E-state index in [1.165, 1.54) is 107 Å². The molecule has 13 rings (SSSR count). The average molecular weight is 1150 g/mol. The van der Waals surface area contributed by atoms with E-state index in [0.29, 0.717) is 132 Å². The minimum atomic E-state index is -1.19. The largest absolute Gasteiger partial charge is 0.872 e. The van der Waals surface area contributed by atoms with Gasteiger partial charge in [0.15, 0.2) is 10.5 Å². The Morgan fingerprint density at radius 2 is 1.02 bits per heavy atom. The molecule has 3 aromatic rings. The summed E-state index contributed by atoms with van der Waals surface area (Å²) in [5.41, 5.74) is 2.77. The van der Waals surface area contributed by atoms with Gasteiger partial charge in [0.2, 0.25) is 0 Å². The van der Waals surface area contributed by atoms with E-state index < -0.39 is 5.97 Å². The summed E-state index contributed by atoms with van der Waals surface area (Å²) in [4.78, 5) is 25.2. The Morgan fingerprint density at radius 3 is 1.51 bits per heavy atom. The fourth-order valence-corrected chi connectivity index (χ4v) is 15.2. The van der Waals surface area contributed by atoms with Crippen LogP contribution in [0.2, 0.25) is 0 Å². The standard InChI is InChI=1S/C64H80N2O15S/c67-50-2-5-55-58(32-50)81-59-33-51(68)3-6-56(59)60(55)54-4-1-49(31-57(54)61(69)70)66-62(82)65-41-48-29-52(77-19-15-73-11-7-71-9-13-75-17-21-79-63-35-42-23-43(36-63)25-44(24-42)37-63)34-53(30-48)78-20-16-74-12-8-72-10-14-76-18-22-80-64-38-45-26-46(39-64)28-47(27-45)40-64/h1-6,29-34,42-47,67H,7-28,35-41H2,(H,69,70)(H2,65,66,82)/p-1. The summed E-state index contributed by atoms with van der Waals surface area (Å²) in [5, 5.41) is 29.9. The average Bonchev–Trinajstić information content (AvgIpc) is 2.74. The van der Waals surface area contributed by atoms with E-state index in [1.807, 2.05) is 18.2 Å². The van der Waals surface area contributed by atoms with Crippen molar-refractivity contribution < 1.29 is 66.8 Å². The zero-order valence-electron chi connectivity index (χ0n) is 47.0. The number of rotatable bonds is 33. The third kappa shape index (κ3) is 15.3. The topological polar surface area (TPSA) is 207 Å². The van der Waals surface area contributed by atoms with E-state index in [1.54, 1.807) is 24.3 Å². The number of carbonyl (C=O) groups is 1. The molecule has 8 saturated carbocycles. The van der Waals surface area contributed by atoms with Crippen molar-refractivity contribution in [3.8, 4) is 39.7 Å². The van der Waals surface area contributed by atoms with Crippen molar-refractivity contribution >= 4 is 40.0 Å². The zero-order chi connectivity index (χ0) is 56.3. The van der Waals surface area contributed by atoms with E-state index in [4.69, 9.17) is 64.0 Å². The van der Waals surface area contributed by atoms with E-state index in [9.17, 15) is 19.8 Å². The second kappa shape index (κ2) is 27.5. The first-order valence-corrected chi connectivity index (χ1v) is 30.2. The Bertz CT molecular complexity index is 2820. The lowest BCUT2D eigenvalue weighted by Crippen LogP contribution is -2.52. The summed E-state index contributed by atoms with van der Waals surface area (Å²) in [6.45, 7) is 7.69. The van der Waals surface area contributed by atoms with Crippen molar-refractivity contribution in [1.82, 2.24) is 5.32 Å². The highest BCUT2D eigenvalue weighted by Gasteiger charge is 2.53. The zero-order valence-corrected chi connectivity index (χ0v) is 47.8. The lowest BCUT2D eigenvalue weighted by Gasteiger charge is -2.56. The molecule has 0 radical (unpaired) electrons. The van der Waals surface area contributed by atoms with E-state index in [0.717, 1.165) is 41.1 Å².